The molecule has 0 heterocycles. The molecular formula is C26H24O4. The largest absolute Gasteiger partial charge is 0.490 e. The van der Waals surface area contributed by atoms with Crippen molar-refractivity contribution < 1.29 is 19.3 Å². The zero-order valence-corrected chi connectivity index (χ0v) is 16.6. The molecule has 4 aromatic carbocycles. The maximum atomic E-state index is 10.4. The number of aliphatic hydroxyl groups excluding tert-OH is 1. The summed E-state index contributed by atoms with van der Waals surface area (Å²) in [6.45, 7) is 1.07. The minimum atomic E-state index is -0.684. The molecule has 0 aromatic heterocycles. The molecule has 30 heavy (non-hydrogen) atoms. The van der Waals surface area contributed by atoms with Crippen LogP contribution in [-0.2, 0) is 0 Å². The molecule has 152 valence electrons. The standard InChI is InChI=1S/C26H24O4/c27-24(20-9-3-1-4-10-20)19-30-26-16-15-25(22-13-7-8-14-23(22)26)29-18-17-28-21-11-5-2-6-12-21/h1-16,24,27H,17-19H2. The summed E-state index contributed by atoms with van der Waals surface area (Å²) in [5, 5.41) is 12.3. The number of rotatable bonds is 9. The van der Waals surface area contributed by atoms with Gasteiger partial charge in [0.25, 0.3) is 0 Å². The number of hydrogen-bond acceptors (Lipinski definition) is 4. The third-order valence-electron chi connectivity index (χ3n) is 4.78. The van der Waals surface area contributed by atoms with Crippen LogP contribution in [0.15, 0.2) is 97.1 Å². The van der Waals surface area contributed by atoms with Crippen LogP contribution in [-0.4, -0.2) is 24.9 Å². The highest BCUT2D eigenvalue weighted by molar-refractivity contribution is 5.93. The number of para-hydroxylation sites is 1. The summed E-state index contributed by atoms with van der Waals surface area (Å²) < 4.78 is 17.6. The Morgan fingerprint density at radius 3 is 1.77 bits per heavy atom. The van der Waals surface area contributed by atoms with E-state index in [9.17, 15) is 5.11 Å². The zero-order valence-electron chi connectivity index (χ0n) is 16.6. The zero-order chi connectivity index (χ0) is 20.6. The van der Waals surface area contributed by atoms with Crippen LogP contribution in [0.4, 0.5) is 0 Å². The fourth-order valence-electron chi connectivity index (χ4n) is 3.26. The van der Waals surface area contributed by atoms with E-state index >= 15 is 0 Å². The van der Waals surface area contributed by atoms with Gasteiger partial charge in [0.2, 0.25) is 0 Å². The lowest BCUT2D eigenvalue weighted by atomic mass is 10.1. The summed E-state index contributed by atoms with van der Waals surface area (Å²) in [4.78, 5) is 0. The van der Waals surface area contributed by atoms with Crippen molar-refractivity contribution in [1.82, 2.24) is 0 Å². The molecule has 1 N–H and O–H groups in total. The highest BCUT2D eigenvalue weighted by atomic mass is 16.5. The van der Waals surface area contributed by atoms with Crippen LogP contribution < -0.4 is 14.2 Å². The molecule has 1 unspecified atom stereocenters. The first-order chi connectivity index (χ1) is 14.8. The monoisotopic (exact) mass is 400 g/mol. The Morgan fingerprint density at radius 2 is 1.10 bits per heavy atom. The van der Waals surface area contributed by atoms with E-state index in [1.165, 1.54) is 0 Å². The van der Waals surface area contributed by atoms with Crippen LogP contribution >= 0.6 is 0 Å². The molecule has 0 aliphatic heterocycles. The van der Waals surface area contributed by atoms with Gasteiger partial charge in [0.1, 0.15) is 43.2 Å². The van der Waals surface area contributed by atoms with Gasteiger partial charge in [0, 0.05) is 10.8 Å². The van der Waals surface area contributed by atoms with Gasteiger partial charge in [-0.1, -0.05) is 72.8 Å². The van der Waals surface area contributed by atoms with E-state index in [-0.39, 0.29) is 6.61 Å². The highest BCUT2D eigenvalue weighted by Crippen LogP contribution is 2.33. The first-order valence-corrected chi connectivity index (χ1v) is 9.99. The van der Waals surface area contributed by atoms with Gasteiger partial charge < -0.3 is 19.3 Å². The van der Waals surface area contributed by atoms with E-state index in [2.05, 4.69) is 0 Å². The Labute approximate surface area is 176 Å². The van der Waals surface area contributed by atoms with Crippen molar-refractivity contribution in [2.45, 2.75) is 6.10 Å². The van der Waals surface area contributed by atoms with Crippen molar-refractivity contribution in [1.29, 1.82) is 0 Å². The van der Waals surface area contributed by atoms with E-state index in [0.29, 0.717) is 19.0 Å². The lowest BCUT2D eigenvalue weighted by molar-refractivity contribution is 0.109. The van der Waals surface area contributed by atoms with Crippen molar-refractivity contribution in [3.05, 3.63) is 103 Å². The van der Waals surface area contributed by atoms with Gasteiger partial charge in [-0.25, -0.2) is 0 Å². The predicted molar refractivity (Wildman–Crippen MR) is 118 cm³/mol. The van der Waals surface area contributed by atoms with Crippen LogP contribution in [0.3, 0.4) is 0 Å². The third kappa shape index (κ3) is 4.91. The first kappa shape index (κ1) is 19.8. The molecule has 0 saturated carbocycles. The molecule has 0 bridgehead atoms. The number of hydrogen-bond donors (Lipinski definition) is 1. The Kier molecular flexibility index (Phi) is 6.47. The maximum Gasteiger partial charge on any atom is 0.127 e. The number of ether oxygens (including phenoxy) is 3. The molecule has 4 nitrogen and oxygen atoms in total. The summed E-state index contributed by atoms with van der Waals surface area (Å²) in [6, 6.07) is 30.9. The molecule has 0 fully saturated rings. The summed E-state index contributed by atoms with van der Waals surface area (Å²) in [6.07, 6.45) is -0.684. The molecule has 0 radical (unpaired) electrons. The molecule has 4 rings (SSSR count). The van der Waals surface area contributed by atoms with Gasteiger partial charge in [-0.2, -0.15) is 0 Å². The summed E-state index contributed by atoms with van der Waals surface area (Å²) >= 11 is 0. The Bertz CT molecular complexity index is 1060. The highest BCUT2D eigenvalue weighted by Gasteiger charge is 2.11. The first-order valence-electron chi connectivity index (χ1n) is 9.99. The minimum Gasteiger partial charge on any atom is -0.490 e. The van der Waals surface area contributed by atoms with Gasteiger partial charge in [-0.05, 0) is 29.8 Å². The second kappa shape index (κ2) is 9.81. The molecule has 4 aromatic rings. The molecule has 0 aliphatic carbocycles. The molecular weight excluding hydrogens is 376 g/mol. The summed E-state index contributed by atoms with van der Waals surface area (Å²) in [5.41, 5.74) is 0.833. The molecule has 0 saturated heterocycles. The molecule has 1 atom stereocenters. The van der Waals surface area contributed by atoms with E-state index in [4.69, 9.17) is 14.2 Å². The Balaban J connectivity index is 1.41. The van der Waals surface area contributed by atoms with Crippen molar-refractivity contribution in [2.24, 2.45) is 0 Å². The number of benzene rings is 4. The van der Waals surface area contributed by atoms with Gasteiger partial charge in [0.15, 0.2) is 0 Å². The van der Waals surface area contributed by atoms with Crippen molar-refractivity contribution in [3.63, 3.8) is 0 Å². The van der Waals surface area contributed by atoms with Crippen molar-refractivity contribution in [3.8, 4) is 17.2 Å². The lowest BCUT2D eigenvalue weighted by Crippen LogP contribution is -2.10. The normalized spacial score (nSPS) is 11.8. The van der Waals surface area contributed by atoms with E-state index in [1.807, 2.05) is 97.1 Å². The fraction of sp³-hybridized carbons (Fsp3) is 0.154. The SMILES string of the molecule is OC(COc1ccc(OCCOc2ccccc2)c2ccccc12)c1ccccc1. The number of aliphatic hydroxyl groups is 1. The van der Waals surface area contributed by atoms with Crippen molar-refractivity contribution in [2.75, 3.05) is 19.8 Å². The fourth-order valence-corrected chi connectivity index (χ4v) is 3.26. The average molecular weight is 400 g/mol. The Morgan fingerprint density at radius 1 is 0.567 bits per heavy atom. The summed E-state index contributed by atoms with van der Waals surface area (Å²) in [7, 11) is 0. The van der Waals surface area contributed by atoms with Crippen LogP contribution in [0.2, 0.25) is 0 Å². The third-order valence-corrected chi connectivity index (χ3v) is 4.78. The molecule has 0 spiro atoms. The van der Waals surface area contributed by atoms with E-state index in [1.54, 1.807) is 0 Å². The van der Waals surface area contributed by atoms with Gasteiger partial charge in [0.05, 0.1) is 0 Å². The van der Waals surface area contributed by atoms with Crippen molar-refractivity contribution >= 4 is 10.8 Å². The molecule has 4 heteroatoms. The second-order valence-electron chi connectivity index (χ2n) is 6.85. The lowest BCUT2D eigenvalue weighted by Gasteiger charge is -2.16. The van der Waals surface area contributed by atoms with Gasteiger partial charge in [-0.15, -0.1) is 0 Å². The average Bonchev–Trinajstić information content (AvgIpc) is 2.82. The van der Waals surface area contributed by atoms with Crippen LogP contribution in [0.1, 0.15) is 11.7 Å². The van der Waals surface area contributed by atoms with Crippen LogP contribution in [0.25, 0.3) is 10.8 Å². The van der Waals surface area contributed by atoms with E-state index in [0.717, 1.165) is 27.8 Å². The Hall–Kier alpha value is -3.50. The predicted octanol–water partition coefficient (Wildman–Crippen LogP) is 5.41. The minimum absolute atomic E-state index is 0.180. The smallest absolute Gasteiger partial charge is 0.127 e. The van der Waals surface area contributed by atoms with Crippen LogP contribution in [0, 0.1) is 0 Å². The molecule has 0 amide bonds. The topological polar surface area (TPSA) is 47.9 Å². The maximum absolute atomic E-state index is 10.4. The number of fused-ring (bicyclic) bond motifs is 1. The van der Waals surface area contributed by atoms with E-state index < -0.39 is 6.10 Å². The summed E-state index contributed by atoms with van der Waals surface area (Å²) in [5.74, 6) is 2.32. The van der Waals surface area contributed by atoms with Gasteiger partial charge >= 0.3 is 0 Å². The second-order valence-corrected chi connectivity index (χ2v) is 6.85. The van der Waals surface area contributed by atoms with Crippen LogP contribution in [0.5, 0.6) is 17.2 Å². The van der Waals surface area contributed by atoms with Gasteiger partial charge in [-0.3, -0.25) is 0 Å². The quantitative estimate of drug-likeness (QED) is 0.382. The molecule has 0 aliphatic rings.